The summed E-state index contributed by atoms with van der Waals surface area (Å²) >= 11 is 0. The van der Waals surface area contributed by atoms with Crippen molar-refractivity contribution >= 4 is 25.7 Å². The summed E-state index contributed by atoms with van der Waals surface area (Å²) in [4.78, 5) is -1.86. The van der Waals surface area contributed by atoms with Gasteiger partial charge in [0.05, 0.1) is 22.8 Å². The highest BCUT2D eigenvalue weighted by molar-refractivity contribution is 7.90. The molecule has 1 aliphatic rings. The van der Waals surface area contributed by atoms with Crippen LogP contribution >= 0.6 is 0 Å². The van der Waals surface area contributed by atoms with Gasteiger partial charge >= 0.3 is 6.18 Å². The zero-order valence-corrected chi connectivity index (χ0v) is 12.1. The molecule has 3 N–H and O–H groups in total. The Morgan fingerprint density at radius 1 is 1.33 bits per heavy atom. The third kappa shape index (κ3) is 2.71. The molecule has 0 aliphatic carbocycles. The number of halogens is 3. The zero-order valence-electron chi connectivity index (χ0n) is 10.5. The van der Waals surface area contributed by atoms with Gasteiger partial charge in [-0.2, -0.15) is 17.5 Å². The number of nitrogens with one attached hydrogen (secondary N) is 1. The van der Waals surface area contributed by atoms with Gasteiger partial charge in [0, 0.05) is 7.05 Å². The maximum atomic E-state index is 12.9. The monoisotopic (exact) mass is 345 g/mol. The van der Waals surface area contributed by atoms with Gasteiger partial charge in [0.15, 0.2) is 0 Å². The topological polar surface area (TPSA) is 110 Å². The number of hydrogen-bond acceptors (Lipinski definition) is 5. The number of fused-ring (bicyclic) bond motifs is 1. The van der Waals surface area contributed by atoms with Gasteiger partial charge in [0.25, 0.3) is 0 Å². The first-order valence-corrected chi connectivity index (χ1v) is 8.32. The van der Waals surface area contributed by atoms with Crippen molar-refractivity contribution in [3.8, 4) is 0 Å². The summed E-state index contributed by atoms with van der Waals surface area (Å²) in [6.45, 7) is -0.235. The van der Waals surface area contributed by atoms with E-state index in [4.69, 9.17) is 5.14 Å². The van der Waals surface area contributed by atoms with Crippen LogP contribution < -0.4 is 10.5 Å². The van der Waals surface area contributed by atoms with E-state index in [0.717, 1.165) is 4.31 Å². The minimum absolute atomic E-state index is 0.235. The lowest BCUT2D eigenvalue weighted by Crippen LogP contribution is -2.37. The van der Waals surface area contributed by atoms with Crippen molar-refractivity contribution in [2.24, 2.45) is 5.14 Å². The molecule has 0 radical (unpaired) electrons. The molecule has 1 aromatic carbocycles. The molecule has 0 bridgehead atoms. The fraction of sp³-hybridized carbons (Fsp3) is 0.333. The maximum Gasteiger partial charge on any atom is 0.417 e. The molecule has 1 aromatic rings. The Kier molecular flexibility index (Phi) is 3.48. The Morgan fingerprint density at radius 3 is 2.38 bits per heavy atom. The number of benzene rings is 1. The van der Waals surface area contributed by atoms with Gasteiger partial charge in [-0.05, 0) is 12.1 Å². The average Bonchev–Trinajstić information content (AvgIpc) is 2.31. The van der Waals surface area contributed by atoms with E-state index in [9.17, 15) is 30.0 Å². The van der Waals surface area contributed by atoms with Crippen LogP contribution in [-0.4, -0.2) is 34.9 Å². The minimum Gasteiger partial charge on any atom is -0.370 e. The second kappa shape index (κ2) is 4.56. The Hall–Kier alpha value is -1.37. The molecule has 118 valence electrons. The number of primary sulfonamides is 1. The molecule has 0 unspecified atom stereocenters. The molecule has 12 heteroatoms. The molecule has 0 saturated heterocycles. The Balaban J connectivity index is 2.87. The molecule has 7 nitrogen and oxygen atoms in total. The second-order valence-corrected chi connectivity index (χ2v) is 7.87. The quantitative estimate of drug-likeness (QED) is 0.763. The van der Waals surface area contributed by atoms with E-state index in [0.29, 0.717) is 12.1 Å². The van der Waals surface area contributed by atoms with Gasteiger partial charge in [0.1, 0.15) is 4.90 Å². The van der Waals surface area contributed by atoms with Crippen molar-refractivity contribution in [2.45, 2.75) is 16.0 Å². The lowest BCUT2D eigenvalue weighted by atomic mass is 10.2. The fourth-order valence-electron chi connectivity index (χ4n) is 1.82. The van der Waals surface area contributed by atoms with E-state index >= 15 is 0 Å². The van der Waals surface area contributed by atoms with Crippen LogP contribution in [0, 0.1) is 0 Å². The smallest absolute Gasteiger partial charge is 0.370 e. The fourth-order valence-corrected chi connectivity index (χ4v) is 3.90. The molecule has 0 aromatic heterocycles. The first-order valence-electron chi connectivity index (χ1n) is 5.33. The van der Waals surface area contributed by atoms with E-state index < -0.39 is 41.6 Å². The summed E-state index contributed by atoms with van der Waals surface area (Å²) in [5, 5.41) is 7.22. The van der Waals surface area contributed by atoms with Crippen LogP contribution in [-0.2, 0) is 26.2 Å². The zero-order chi connectivity index (χ0) is 16.2. The average molecular weight is 345 g/mol. The maximum absolute atomic E-state index is 12.9. The number of nitrogens with zero attached hydrogens (tertiary/aromatic N) is 1. The van der Waals surface area contributed by atoms with E-state index in [-0.39, 0.29) is 12.4 Å². The van der Waals surface area contributed by atoms with Crippen LogP contribution in [0.3, 0.4) is 0 Å². The highest BCUT2D eigenvalue weighted by Gasteiger charge is 2.40. The lowest BCUT2D eigenvalue weighted by Gasteiger charge is -2.27. The molecule has 0 atom stereocenters. The van der Waals surface area contributed by atoms with Crippen molar-refractivity contribution in [3.63, 3.8) is 0 Å². The summed E-state index contributed by atoms with van der Waals surface area (Å²) < 4.78 is 86.2. The van der Waals surface area contributed by atoms with Gasteiger partial charge in [-0.25, -0.2) is 22.0 Å². The predicted octanol–water partition coefficient (Wildman–Crippen LogP) is 0.356. The first-order chi connectivity index (χ1) is 9.35. The molecule has 1 aliphatic heterocycles. The van der Waals surface area contributed by atoms with Gasteiger partial charge in [-0.3, -0.25) is 0 Å². The van der Waals surface area contributed by atoms with Crippen molar-refractivity contribution in [3.05, 3.63) is 17.7 Å². The van der Waals surface area contributed by atoms with Gasteiger partial charge in [-0.1, -0.05) is 0 Å². The molecular weight excluding hydrogens is 335 g/mol. The van der Waals surface area contributed by atoms with Crippen molar-refractivity contribution in [2.75, 3.05) is 19.0 Å². The summed E-state index contributed by atoms with van der Waals surface area (Å²) in [7, 11) is -7.64. The van der Waals surface area contributed by atoms with Crippen molar-refractivity contribution in [1.29, 1.82) is 0 Å². The van der Waals surface area contributed by atoms with Crippen LogP contribution in [0.1, 0.15) is 5.56 Å². The normalized spacial score (nSPS) is 18.9. The molecule has 0 spiro atoms. The van der Waals surface area contributed by atoms with E-state index in [1.165, 1.54) is 7.05 Å². The Bertz CT molecular complexity index is 802. The number of rotatable bonds is 1. The summed E-state index contributed by atoms with van der Waals surface area (Å²) in [5.74, 6) is 0. The third-order valence-electron chi connectivity index (χ3n) is 2.87. The van der Waals surface area contributed by atoms with Crippen LogP contribution in [0.2, 0.25) is 0 Å². The van der Waals surface area contributed by atoms with Gasteiger partial charge < -0.3 is 5.32 Å². The number of alkyl halides is 3. The number of nitrogens with two attached hydrogens (primary N) is 1. The standard InChI is InChI=1S/C9H10F3N3O4S2/c1-15-4-14-6-2-5(9(10,11)12)7(20(13,16)17)3-8(6)21(15,18)19/h2-3,14H,4H2,1H3,(H2,13,16,17). The third-order valence-corrected chi connectivity index (χ3v) is 5.67. The van der Waals surface area contributed by atoms with Crippen molar-refractivity contribution < 1.29 is 30.0 Å². The van der Waals surface area contributed by atoms with Crippen LogP contribution in [0.4, 0.5) is 18.9 Å². The second-order valence-electron chi connectivity index (χ2n) is 4.33. The first kappa shape index (κ1) is 16.0. The van der Waals surface area contributed by atoms with E-state index in [1.54, 1.807) is 0 Å². The lowest BCUT2D eigenvalue weighted by molar-refractivity contribution is -0.139. The van der Waals surface area contributed by atoms with Crippen LogP contribution in [0.25, 0.3) is 0 Å². The van der Waals surface area contributed by atoms with E-state index in [2.05, 4.69) is 5.32 Å². The molecule has 0 fully saturated rings. The van der Waals surface area contributed by atoms with Gasteiger partial charge in [0.2, 0.25) is 20.0 Å². The van der Waals surface area contributed by atoms with Gasteiger partial charge in [-0.15, -0.1) is 0 Å². The number of anilines is 1. The van der Waals surface area contributed by atoms with E-state index in [1.807, 2.05) is 0 Å². The molecule has 0 amide bonds. The number of sulfonamides is 2. The Morgan fingerprint density at radius 2 is 1.90 bits per heavy atom. The van der Waals surface area contributed by atoms with Crippen molar-refractivity contribution in [1.82, 2.24) is 4.31 Å². The molecule has 0 saturated carbocycles. The minimum atomic E-state index is -4.99. The summed E-state index contributed by atoms with van der Waals surface area (Å²) in [5.41, 5.74) is -1.84. The van der Waals surface area contributed by atoms with Crippen LogP contribution in [0.15, 0.2) is 21.9 Å². The number of hydrogen-bond donors (Lipinski definition) is 2. The van der Waals surface area contributed by atoms with Crippen LogP contribution in [0.5, 0.6) is 0 Å². The molecule has 1 heterocycles. The highest BCUT2D eigenvalue weighted by Crippen LogP contribution is 2.39. The predicted molar refractivity (Wildman–Crippen MR) is 66.3 cm³/mol. The highest BCUT2D eigenvalue weighted by atomic mass is 32.2. The summed E-state index contributed by atoms with van der Waals surface area (Å²) in [6, 6.07) is 0.852. The summed E-state index contributed by atoms with van der Waals surface area (Å²) in [6.07, 6.45) is -4.99. The molecule has 2 rings (SSSR count). The largest absolute Gasteiger partial charge is 0.417 e. The SMILES string of the molecule is CN1CNc2cc(C(F)(F)F)c(S(N)(=O)=O)cc2S1(=O)=O. The Labute approximate surface area is 118 Å². The molecular formula is C9H10F3N3O4S2. The molecule has 21 heavy (non-hydrogen) atoms.